The zero-order chi connectivity index (χ0) is 23.5. The summed E-state index contributed by atoms with van der Waals surface area (Å²) >= 11 is 0. The number of carbonyl (C=O) groups excluding carboxylic acids is 1. The van der Waals surface area contributed by atoms with Crippen molar-refractivity contribution in [2.45, 2.75) is 25.3 Å². The third kappa shape index (κ3) is 5.10. The first kappa shape index (κ1) is 22.1. The molecule has 0 radical (unpaired) electrons. The number of halogens is 1. The van der Waals surface area contributed by atoms with Crippen molar-refractivity contribution < 1.29 is 9.18 Å². The second-order valence-corrected chi connectivity index (χ2v) is 8.88. The predicted molar refractivity (Wildman–Crippen MR) is 131 cm³/mol. The van der Waals surface area contributed by atoms with E-state index in [1.54, 1.807) is 6.20 Å². The molecule has 7 heteroatoms. The maximum absolute atomic E-state index is 13.1. The van der Waals surface area contributed by atoms with Gasteiger partial charge in [0, 0.05) is 52.4 Å². The molecule has 0 bridgehead atoms. The van der Waals surface area contributed by atoms with Crippen LogP contribution in [0.25, 0.3) is 22.0 Å². The molecule has 0 aliphatic carbocycles. The molecule has 4 aromatic rings. The molecule has 0 saturated carbocycles. The van der Waals surface area contributed by atoms with Crippen molar-refractivity contribution in [3.05, 3.63) is 84.3 Å². The van der Waals surface area contributed by atoms with Crippen molar-refractivity contribution >= 4 is 22.4 Å². The van der Waals surface area contributed by atoms with Crippen LogP contribution in [0.3, 0.4) is 0 Å². The second-order valence-electron chi connectivity index (χ2n) is 8.88. The summed E-state index contributed by atoms with van der Waals surface area (Å²) in [6.07, 6.45) is 9.58. The molecule has 172 valence electrons. The summed E-state index contributed by atoms with van der Waals surface area (Å²) < 4.78 is 13.1. The monoisotopic (exact) mass is 455 g/mol. The van der Waals surface area contributed by atoms with Crippen molar-refractivity contribution in [2.75, 3.05) is 25.5 Å². The van der Waals surface area contributed by atoms with Gasteiger partial charge in [-0.15, -0.1) is 0 Å². The quantitative estimate of drug-likeness (QED) is 0.423. The summed E-state index contributed by atoms with van der Waals surface area (Å²) in [5.41, 5.74) is 4.82. The fraction of sp³-hybridized carbons (Fsp3) is 0.259. The number of likely N-dealkylation sites (tertiary alicyclic amines) is 1. The van der Waals surface area contributed by atoms with Crippen LogP contribution >= 0.6 is 0 Å². The van der Waals surface area contributed by atoms with Gasteiger partial charge in [0.15, 0.2) is 5.78 Å². The van der Waals surface area contributed by atoms with Gasteiger partial charge in [-0.3, -0.25) is 19.7 Å². The number of rotatable bonds is 6. The van der Waals surface area contributed by atoms with Crippen LogP contribution in [0.1, 0.15) is 28.9 Å². The average Bonchev–Trinajstić information content (AvgIpc) is 2.85. The number of hydrogen-bond donors (Lipinski definition) is 1. The molecule has 4 heterocycles. The maximum Gasteiger partial charge on any atom is 0.168 e. The first-order valence-electron chi connectivity index (χ1n) is 11.5. The lowest BCUT2D eigenvalue weighted by Gasteiger charge is -2.30. The van der Waals surface area contributed by atoms with Crippen LogP contribution in [-0.4, -0.2) is 51.8 Å². The Morgan fingerprint density at radius 3 is 2.56 bits per heavy atom. The topological polar surface area (TPSA) is 71.0 Å². The molecule has 1 aliphatic rings. The van der Waals surface area contributed by atoms with E-state index in [1.807, 2.05) is 30.7 Å². The maximum atomic E-state index is 13.1. The van der Waals surface area contributed by atoms with Crippen molar-refractivity contribution in [3.63, 3.8) is 0 Å². The third-order valence-electron chi connectivity index (χ3n) is 6.29. The summed E-state index contributed by atoms with van der Waals surface area (Å²) in [7, 11) is 2.16. The van der Waals surface area contributed by atoms with Crippen molar-refractivity contribution in [3.8, 4) is 11.1 Å². The number of aromatic nitrogens is 3. The minimum Gasteiger partial charge on any atom is -0.381 e. The minimum atomic E-state index is -0.362. The molecule has 0 atom stereocenters. The van der Waals surface area contributed by atoms with Crippen LogP contribution in [0.4, 0.5) is 10.1 Å². The third-order valence-corrected chi connectivity index (χ3v) is 6.29. The van der Waals surface area contributed by atoms with E-state index in [9.17, 15) is 9.18 Å². The van der Waals surface area contributed by atoms with Crippen molar-refractivity contribution in [1.29, 1.82) is 0 Å². The highest BCUT2D eigenvalue weighted by atomic mass is 19.1. The summed E-state index contributed by atoms with van der Waals surface area (Å²) in [6, 6.07) is 12.1. The van der Waals surface area contributed by atoms with E-state index in [1.165, 1.54) is 24.3 Å². The van der Waals surface area contributed by atoms with Crippen LogP contribution in [0.5, 0.6) is 0 Å². The Morgan fingerprint density at radius 1 is 1.00 bits per heavy atom. The molecule has 34 heavy (non-hydrogen) atoms. The van der Waals surface area contributed by atoms with Gasteiger partial charge in [0.25, 0.3) is 0 Å². The highest BCUT2D eigenvalue weighted by Crippen LogP contribution is 2.26. The molecule has 0 amide bonds. The molecule has 5 rings (SSSR count). The Kier molecular flexibility index (Phi) is 6.27. The number of ketones is 1. The van der Waals surface area contributed by atoms with Gasteiger partial charge in [-0.2, -0.15) is 0 Å². The van der Waals surface area contributed by atoms with E-state index in [0.717, 1.165) is 53.6 Å². The number of anilines is 1. The summed E-state index contributed by atoms with van der Waals surface area (Å²) in [6.45, 7) is 2.19. The normalized spacial score (nSPS) is 14.9. The van der Waals surface area contributed by atoms with Gasteiger partial charge in [-0.1, -0.05) is 0 Å². The van der Waals surface area contributed by atoms with E-state index >= 15 is 0 Å². The van der Waals surface area contributed by atoms with Crippen molar-refractivity contribution in [2.24, 2.45) is 0 Å². The molecule has 6 nitrogen and oxygen atoms in total. The molecule has 0 spiro atoms. The number of carbonyl (C=O) groups is 1. The van der Waals surface area contributed by atoms with Gasteiger partial charge < -0.3 is 10.2 Å². The Morgan fingerprint density at radius 2 is 1.76 bits per heavy atom. The average molecular weight is 456 g/mol. The number of fused-ring (bicyclic) bond motifs is 1. The van der Waals surface area contributed by atoms with Gasteiger partial charge in [-0.25, -0.2) is 4.39 Å². The van der Waals surface area contributed by atoms with Gasteiger partial charge in [0.05, 0.1) is 23.8 Å². The summed E-state index contributed by atoms with van der Waals surface area (Å²) in [5.74, 6) is -0.466. The molecule has 3 aromatic heterocycles. The SMILES string of the molecule is CN1CCC(Nc2cncc(-c3cnc4cnc(CC(=O)c5ccc(F)cc5)cc4c3)c2)CC1. The summed E-state index contributed by atoms with van der Waals surface area (Å²) in [4.78, 5) is 28.3. The number of nitrogens with one attached hydrogen (secondary N) is 1. The lowest BCUT2D eigenvalue weighted by Crippen LogP contribution is -2.36. The van der Waals surface area contributed by atoms with Gasteiger partial charge >= 0.3 is 0 Å². The molecule has 1 fully saturated rings. The van der Waals surface area contributed by atoms with Crippen LogP contribution in [-0.2, 0) is 6.42 Å². The molecule has 1 aromatic carbocycles. The fourth-order valence-corrected chi connectivity index (χ4v) is 4.30. The highest BCUT2D eigenvalue weighted by molar-refractivity contribution is 5.97. The molecule has 1 aliphatic heterocycles. The lowest BCUT2D eigenvalue weighted by molar-refractivity contribution is 0.0992. The Balaban J connectivity index is 1.35. The van der Waals surface area contributed by atoms with Crippen LogP contribution < -0.4 is 5.32 Å². The smallest absolute Gasteiger partial charge is 0.168 e. The van der Waals surface area contributed by atoms with E-state index in [2.05, 4.69) is 38.3 Å². The number of hydrogen-bond acceptors (Lipinski definition) is 6. The lowest BCUT2D eigenvalue weighted by atomic mass is 10.0. The first-order chi connectivity index (χ1) is 16.5. The standard InChI is InChI=1S/C27H26FN5O/c1-33-8-6-23(7-9-33)32-25-12-21(14-29-16-25)20-10-19-11-24(30-17-26(19)31-15-20)13-27(34)18-2-4-22(28)5-3-18/h2-5,10-12,14-17,23,32H,6-9,13H2,1H3. The second kappa shape index (κ2) is 9.65. The van der Waals surface area contributed by atoms with Crippen molar-refractivity contribution in [1.82, 2.24) is 19.9 Å². The zero-order valence-electron chi connectivity index (χ0n) is 19.0. The predicted octanol–water partition coefficient (Wildman–Crippen LogP) is 4.76. The van der Waals surface area contributed by atoms with Gasteiger partial charge in [-0.05, 0) is 75.4 Å². The Hall–Kier alpha value is -3.71. The largest absolute Gasteiger partial charge is 0.381 e. The molecule has 1 saturated heterocycles. The Labute approximate surface area is 197 Å². The van der Waals surface area contributed by atoms with Crippen LogP contribution in [0.2, 0.25) is 0 Å². The molecular weight excluding hydrogens is 429 g/mol. The molecule has 0 unspecified atom stereocenters. The highest BCUT2D eigenvalue weighted by Gasteiger charge is 2.16. The molecular formula is C27H26FN5O. The van der Waals surface area contributed by atoms with E-state index < -0.39 is 0 Å². The van der Waals surface area contributed by atoms with Gasteiger partial charge in [0.1, 0.15) is 5.82 Å². The van der Waals surface area contributed by atoms with E-state index in [4.69, 9.17) is 0 Å². The first-order valence-corrected chi connectivity index (χ1v) is 11.5. The molecule has 1 N–H and O–H groups in total. The zero-order valence-corrected chi connectivity index (χ0v) is 19.0. The number of Topliss-reactive ketones (excluding diaryl/α,β-unsaturated/α-hetero) is 1. The number of benzene rings is 1. The van der Waals surface area contributed by atoms with E-state index in [0.29, 0.717) is 17.3 Å². The number of piperidine rings is 1. The van der Waals surface area contributed by atoms with E-state index in [-0.39, 0.29) is 18.0 Å². The fourth-order valence-electron chi connectivity index (χ4n) is 4.30. The Bertz CT molecular complexity index is 1320. The van der Waals surface area contributed by atoms with Crippen LogP contribution in [0.15, 0.2) is 67.3 Å². The minimum absolute atomic E-state index is 0.104. The van der Waals surface area contributed by atoms with Crippen LogP contribution in [0, 0.1) is 5.82 Å². The number of nitrogens with zero attached hydrogens (tertiary/aromatic N) is 4. The van der Waals surface area contributed by atoms with Gasteiger partial charge in [0.2, 0.25) is 0 Å². The summed E-state index contributed by atoms with van der Waals surface area (Å²) in [5, 5.41) is 4.52. The number of pyridine rings is 3.